The van der Waals surface area contributed by atoms with E-state index in [1.54, 1.807) is 22.7 Å². The maximum Gasteiger partial charge on any atom is 0.138 e. The summed E-state index contributed by atoms with van der Waals surface area (Å²) in [6, 6.07) is 0. The van der Waals surface area contributed by atoms with Gasteiger partial charge in [-0.15, -0.1) is 22.7 Å². The SMILES string of the molecule is Cc1ncsc1-c1nc(N)c(C)s1. The topological polar surface area (TPSA) is 51.8 Å². The van der Waals surface area contributed by atoms with Crippen LogP contribution in [0, 0.1) is 13.8 Å². The zero-order valence-corrected chi connectivity index (χ0v) is 9.00. The molecule has 3 nitrogen and oxygen atoms in total. The van der Waals surface area contributed by atoms with Gasteiger partial charge in [0.15, 0.2) is 0 Å². The van der Waals surface area contributed by atoms with Crippen molar-refractivity contribution in [3.63, 3.8) is 0 Å². The molecule has 0 aliphatic rings. The summed E-state index contributed by atoms with van der Waals surface area (Å²) in [5, 5.41) is 0.981. The highest BCUT2D eigenvalue weighted by atomic mass is 32.1. The molecular formula is C8H9N3S2. The van der Waals surface area contributed by atoms with E-state index in [-0.39, 0.29) is 0 Å². The van der Waals surface area contributed by atoms with E-state index in [1.165, 1.54) is 0 Å². The molecule has 13 heavy (non-hydrogen) atoms. The molecule has 0 amide bonds. The molecular weight excluding hydrogens is 202 g/mol. The van der Waals surface area contributed by atoms with Crippen molar-refractivity contribution in [2.45, 2.75) is 13.8 Å². The van der Waals surface area contributed by atoms with E-state index in [0.717, 1.165) is 20.5 Å². The van der Waals surface area contributed by atoms with Crippen LogP contribution in [0.15, 0.2) is 5.51 Å². The fraction of sp³-hybridized carbons (Fsp3) is 0.250. The van der Waals surface area contributed by atoms with Crippen LogP contribution in [0.3, 0.4) is 0 Å². The molecule has 0 saturated carbocycles. The summed E-state index contributed by atoms with van der Waals surface area (Å²) in [5.41, 5.74) is 8.54. The summed E-state index contributed by atoms with van der Waals surface area (Å²) in [6.45, 7) is 3.96. The molecule has 0 aliphatic carbocycles. The van der Waals surface area contributed by atoms with Crippen LogP contribution in [0.25, 0.3) is 9.88 Å². The standard InChI is InChI=1S/C8H9N3S2/c1-4-6(12-3-10-4)8-11-7(9)5(2)13-8/h3H,9H2,1-2H3. The highest BCUT2D eigenvalue weighted by Crippen LogP contribution is 2.33. The Morgan fingerprint density at radius 2 is 2.15 bits per heavy atom. The predicted octanol–water partition coefficient (Wildman–Crippen LogP) is 2.47. The third-order valence-electron chi connectivity index (χ3n) is 1.77. The average Bonchev–Trinajstić information content (AvgIpc) is 2.60. The number of hydrogen-bond acceptors (Lipinski definition) is 5. The first kappa shape index (κ1) is 8.65. The molecule has 0 unspecified atom stereocenters. The van der Waals surface area contributed by atoms with Crippen molar-refractivity contribution in [1.82, 2.24) is 9.97 Å². The van der Waals surface area contributed by atoms with Gasteiger partial charge in [-0.25, -0.2) is 9.97 Å². The lowest BCUT2D eigenvalue weighted by atomic mass is 10.4. The smallest absolute Gasteiger partial charge is 0.138 e. The summed E-state index contributed by atoms with van der Waals surface area (Å²) < 4.78 is 0. The van der Waals surface area contributed by atoms with Gasteiger partial charge in [-0.05, 0) is 13.8 Å². The molecule has 2 aromatic rings. The molecule has 0 bridgehead atoms. The van der Waals surface area contributed by atoms with E-state index in [2.05, 4.69) is 9.97 Å². The minimum Gasteiger partial charge on any atom is -0.383 e. The first-order chi connectivity index (χ1) is 6.18. The quantitative estimate of drug-likeness (QED) is 0.788. The number of anilines is 1. The van der Waals surface area contributed by atoms with Crippen molar-refractivity contribution in [2.24, 2.45) is 0 Å². The fourth-order valence-electron chi connectivity index (χ4n) is 1.01. The highest BCUT2D eigenvalue weighted by Gasteiger charge is 2.10. The molecule has 0 saturated heterocycles. The minimum atomic E-state index is 0.632. The molecule has 68 valence electrons. The Bertz CT molecular complexity index is 411. The molecule has 2 N–H and O–H groups in total. The molecule has 5 heteroatoms. The van der Waals surface area contributed by atoms with Gasteiger partial charge in [-0.3, -0.25) is 0 Å². The van der Waals surface area contributed by atoms with Crippen molar-refractivity contribution in [3.05, 3.63) is 16.1 Å². The molecule has 0 fully saturated rings. The zero-order valence-electron chi connectivity index (χ0n) is 7.37. The van der Waals surface area contributed by atoms with Crippen LogP contribution < -0.4 is 5.73 Å². The Labute approximate surface area is 84.3 Å². The van der Waals surface area contributed by atoms with Crippen LogP contribution in [-0.4, -0.2) is 9.97 Å². The second-order valence-corrected chi connectivity index (χ2v) is 4.79. The molecule has 2 aromatic heterocycles. The van der Waals surface area contributed by atoms with Crippen LogP contribution in [0.1, 0.15) is 10.6 Å². The monoisotopic (exact) mass is 211 g/mol. The van der Waals surface area contributed by atoms with E-state index in [4.69, 9.17) is 5.73 Å². The number of aromatic nitrogens is 2. The number of nitrogen functional groups attached to an aromatic ring is 1. The van der Waals surface area contributed by atoms with Gasteiger partial charge in [0.1, 0.15) is 10.8 Å². The highest BCUT2D eigenvalue weighted by molar-refractivity contribution is 7.21. The summed E-state index contributed by atoms with van der Waals surface area (Å²) in [6.07, 6.45) is 0. The Morgan fingerprint density at radius 1 is 1.38 bits per heavy atom. The summed E-state index contributed by atoms with van der Waals surface area (Å²) in [7, 11) is 0. The molecule has 2 rings (SSSR count). The van der Waals surface area contributed by atoms with Crippen molar-refractivity contribution < 1.29 is 0 Å². The lowest BCUT2D eigenvalue weighted by molar-refractivity contribution is 1.26. The van der Waals surface area contributed by atoms with Crippen LogP contribution in [-0.2, 0) is 0 Å². The van der Waals surface area contributed by atoms with E-state index in [0.29, 0.717) is 5.82 Å². The van der Waals surface area contributed by atoms with Gasteiger partial charge < -0.3 is 5.73 Å². The number of thiazole rings is 2. The summed E-state index contributed by atoms with van der Waals surface area (Å²) in [4.78, 5) is 10.7. The molecule has 0 radical (unpaired) electrons. The van der Waals surface area contributed by atoms with Gasteiger partial charge >= 0.3 is 0 Å². The molecule has 0 atom stereocenters. The predicted molar refractivity (Wildman–Crippen MR) is 57.1 cm³/mol. The average molecular weight is 211 g/mol. The Hall–Kier alpha value is -0.940. The number of nitrogens with two attached hydrogens (primary N) is 1. The van der Waals surface area contributed by atoms with Gasteiger partial charge in [-0.2, -0.15) is 0 Å². The van der Waals surface area contributed by atoms with Gasteiger partial charge in [0.05, 0.1) is 16.1 Å². The van der Waals surface area contributed by atoms with Gasteiger partial charge in [0.2, 0.25) is 0 Å². The van der Waals surface area contributed by atoms with Crippen molar-refractivity contribution in [1.29, 1.82) is 0 Å². The Morgan fingerprint density at radius 3 is 2.62 bits per heavy atom. The third kappa shape index (κ3) is 1.45. The van der Waals surface area contributed by atoms with Gasteiger partial charge in [-0.1, -0.05) is 0 Å². The zero-order chi connectivity index (χ0) is 9.42. The number of aryl methyl sites for hydroxylation is 2. The van der Waals surface area contributed by atoms with E-state index in [1.807, 2.05) is 19.4 Å². The number of hydrogen-bond donors (Lipinski definition) is 1. The largest absolute Gasteiger partial charge is 0.383 e. The minimum absolute atomic E-state index is 0.632. The number of nitrogens with zero attached hydrogens (tertiary/aromatic N) is 2. The maximum atomic E-state index is 5.68. The lowest BCUT2D eigenvalue weighted by Crippen LogP contribution is -1.85. The van der Waals surface area contributed by atoms with Crippen molar-refractivity contribution in [3.8, 4) is 9.88 Å². The summed E-state index contributed by atoms with van der Waals surface area (Å²) in [5.74, 6) is 0.632. The van der Waals surface area contributed by atoms with Gasteiger partial charge in [0, 0.05) is 4.88 Å². The maximum absolute atomic E-state index is 5.68. The third-order valence-corrected chi connectivity index (χ3v) is 3.84. The summed E-state index contributed by atoms with van der Waals surface area (Å²) >= 11 is 3.23. The van der Waals surface area contributed by atoms with E-state index < -0.39 is 0 Å². The molecule has 2 heterocycles. The molecule has 0 aliphatic heterocycles. The first-order valence-corrected chi connectivity index (χ1v) is 5.51. The van der Waals surface area contributed by atoms with E-state index >= 15 is 0 Å². The second-order valence-electron chi connectivity index (χ2n) is 2.73. The Kier molecular flexibility index (Phi) is 2.05. The fourth-order valence-corrected chi connectivity index (χ4v) is 2.79. The Balaban J connectivity index is 2.53. The van der Waals surface area contributed by atoms with Crippen LogP contribution >= 0.6 is 22.7 Å². The van der Waals surface area contributed by atoms with Crippen LogP contribution in [0.4, 0.5) is 5.82 Å². The molecule has 0 spiro atoms. The first-order valence-electron chi connectivity index (χ1n) is 3.82. The number of rotatable bonds is 1. The van der Waals surface area contributed by atoms with Crippen LogP contribution in [0.2, 0.25) is 0 Å². The van der Waals surface area contributed by atoms with E-state index in [9.17, 15) is 0 Å². The van der Waals surface area contributed by atoms with Gasteiger partial charge in [0.25, 0.3) is 0 Å². The second kappa shape index (κ2) is 3.08. The normalized spacial score (nSPS) is 10.6. The van der Waals surface area contributed by atoms with Crippen molar-refractivity contribution >= 4 is 28.5 Å². The van der Waals surface area contributed by atoms with Crippen LogP contribution in [0.5, 0.6) is 0 Å². The van der Waals surface area contributed by atoms with Crippen molar-refractivity contribution in [2.75, 3.05) is 5.73 Å². The molecule has 0 aromatic carbocycles. The lowest BCUT2D eigenvalue weighted by Gasteiger charge is -1.89.